The van der Waals surface area contributed by atoms with Crippen molar-refractivity contribution in [3.63, 3.8) is 0 Å². The standard InChI is InChI=1S/C22H28N2O/c1-6-15(4)22(25)24-21(17-10-8-7-9-11-17)19-16(5)12-13-18(14(2)3)20(19)23-24/h6-11,14,16,18H,12-13H2,1-5H3/b15-6+/t16-,18+/m1/s1. The van der Waals surface area contributed by atoms with Crippen molar-refractivity contribution in [2.75, 3.05) is 0 Å². The summed E-state index contributed by atoms with van der Waals surface area (Å²) in [5, 5.41) is 4.88. The Labute approximate surface area is 150 Å². The highest BCUT2D eigenvalue weighted by molar-refractivity contribution is 5.97. The van der Waals surface area contributed by atoms with Crippen molar-refractivity contribution in [3.05, 3.63) is 53.2 Å². The Hall–Kier alpha value is -2.16. The van der Waals surface area contributed by atoms with E-state index in [1.807, 2.05) is 38.1 Å². The molecule has 0 radical (unpaired) electrons. The van der Waals surface area contributed by atoms with E-state index in [-0.39, 0.29) is 5.91 Å². The summed E-state index contributed by atoms with van der Waals surface area (Å²) >= 11 is 0. The molecule has 1 aromatic heterocycles. The molecular weight excluding hydrogens is 308 g/mol. The lowest BCUT2D eigenvalue weighted by Crippen LogP contribution is -2.17. The fraction of sp³-hybridized carbons (Fsp3) is 0.455. The highest BCUT2D eigenvalue weighted by Crippen LogP contribution is 2.45. The van der Waals surface area contributed by atoms with Crippen molar-refractivity contribution in [2.45, 2.75) is 59.3 Å². The molecule has 1 heterocycles. The van der Waals surface area contributed by atoms with Gasteiger partial charge in [0.15, 0.2) is 0 Å². The Morgan fingerprint density at radius 2 is 1.92 bits per heavy atom. The van der Waals surface area contributed by atoms with Crippen LogP contribution in [0.2, 0.25) is 0 Å². The van der Waals surface area contributed by atoms with E-state index in [9.17, 15) is 4.79 Å². The van der Waals surface area contributed by atoms with Crippen molar-refractivity contribution in [3.8, 4) is 11.3 Å². The van der Waals surface area contributed by atoms with Crippen LogP contribution in [0.5, 0.6) is 0 Å². The van der Waals surface area contributed by atoms with E-state index < -0.39 is 0 Å². The van der Waals surface area contributed by atoms with Crippen molar-refractivity contribution >= 4 is 5.91 Å². The van der Waals surface area contributed by atoms with Gasteiger partial charge in [0.05, 0.1) is 11.4 Å². The molecule has 25 heavy (non-hydrogen) atoms. The zero-order chi connectivity index (χ0) is 18.1. The van der Waals surface area contributed by atoms with Crippen molar-refractivity contribution in [1.29, 1.82) is 0 Å². The van der Waals surface area contributed by atoms with Crippen LogP contribution in [0.25, 0.3) is 11.3 Å². The van der Waals surface area contributed by atoms with E-state index in [0.29, 0.717) is 17.8 Å². The predicted molar refractivity (Wildman–Crippen MR) is 103 cm³/mol. The maximum atomic E-state index is 13.0. The van der Waals surface area contributed by atoms with Crippen LogP contribution in [0.1, 0.15) is 75.3 Å². The molecule has 1 aliphatic rings. The van der Waals surface area contributed by atoms with Gasteiger partial charge in [0.25, 0.3) is 5.91 Å². The van der Waals surface area contributed by atoms with Crippen molar-refractivity contribution in [1.82, 2.24) is 9.78 Å². The second-order valence-corrected chi connectivity index (χ2v) is 7.53. The first-order valence-electron chi connectivity index (χ1n) is 9.31. The van der Waals surface area contributed by atoms with E-state index in [2.05, 4.69) is 32.9 Å². The molecule has 2 aromatic rings. The topological polar surface area (TPSA) is 34.9 Å². The highest BCUT2D eigenvalue weighted by Gasteiger charge is 2.35. The zero-order valence-corrected chi connectivity index (χ0v) is 15.9. The molecule has 0 saturated heterocycles. The van der Waals surface area contributed by atoms with E-state index in [1.54, 1.807) is 4.68 Å². The van der Waals surface area contributed by atoms with Gasteiger partial charge in [-0.2, -0.15) is 9.78 Å². The van der Waals surface area contributed by atoms with E-state index >= 15 is 0 Å². The fourth-order valence-corrected chi connectivity index (χ4v) is 3.88. The molecule has 0 fully saturated rings. The van der Waals surface area contributed by atoms with Gasteiger partial charge in [-0.3, -0.25) is 4.79 Å². The third kappa shape index (κ3) is 3.08. The number of hydrogen-bond donors (Lipinski definition) is 0. The first kappa shape index (κ1) is 17.7. The number of fused-ring (bicyclic) bond motifs is 1. The number of benzene rings is 1. The number of carbonyl (C=O) groups excluding carboxylic acids is 1. The highest BCUT2D eigenvalue weighted by atomic mass is 16.2. The average molecular weight is 336 g/mol. The molecule has 0 aliphatic heterocycles. The molecule has 0 spiro atoms. The van der Waals surface area contributed by atoms with Gasteiger partial charge in [0, 0.05) is 22.6 Å². The molecule has 1 aliphatic carbocycles. The first-order valence-corrected chi connectivity index (χ1v) is 9.31. The van der Waals surface area contributed by atoms with Crippen LogP contribution in [0.4, 0.5) is 0 Å². The van der Waals surface area contributed by atoms with Crippen LogP contribution >= 0.6 is 0 Å². The van der Waals surface area contributed by atoms with Gasteiger partial charge in [-0.25, -0.2) is 0 Å². The fourth-order valence-electron chi connectivity index (χ4n) is 3.88. The van der Waals surface area contributed by atoms with Crippen molar-refractivity contribution in [2.24, 2.45) is 5.92 Å². The summed E-state index contributed by atoms with van der Waals surface area (Å²) in [5.41, 5.74) is 5.19. The molecule has 3 nitrogen and oxygen atoms in total. The summed E-state index contributed by atoms with van der Waals surface area (Å²) in [4.78, 5) is 13.0. The maximum absolute atomic E-state index is 13.0. The zero-order valence-electron chi connectivity index (χ0n) is 15.9. The van der Waals surface area contributed by atoms with Crippen LogP contribution in [0.3, 0.4) is 0 Å². The van der Waals surface area contributed by atoms with Crippen LogP contribution < -0.4 is 0 Å². The molecule has 1 aromatic carbocycles. The van der Waals surface area contributed by atoms with Crippen LogP contribution in [-0.2, 0) is 0 Å². The lowest BCUT2D eigenvalue weighted by atomic mass is 9.75. The molecular formula is C22H28N2O. The SMILES string of the molecule is C/C=C(\C)C(=O)n1nc2c(c1-c1ccccc1)[C@H](C)CC[C@H]2C(C)C. The molecule has 3 heteroatoms. The third-order valence-electron chi connectivity index (χ3n) is 5.52. The first-order chi connectivity index (χ1) is 12.0. The van der Waals surface area contributed by atoms with Gasteiger partial charge in [0.2, 0.25) is 0 Å². The van der Waals surface area contributed by atoms with E-state index in [0.717, 1.165) is 35.4 Å². The molecule has 2 atom stereocenters. The Bertz CT molecular complexity index is 799. The van der Waals surface area contributed by atoms with E-state index in [1.165, 1.54) is 5.56 Å². The minimum absolute atomic E-state index is 0.0227. The van der Waals surface area contributed by atoms with Crippen LogP contribution in [0.15, 0.2) is 42.0 Å². The number of hydrogen-bond acceptors (Lipinski definition) is 2. The summed E-state index contributed by atoms with van der Waals surface area (Å²) in [5.74, 6) is 1.35. The Morgan fingerprint density at radius 1 is 1.24 bits per heavy atom. The van der Waals surface area contributed by atoms with Gasteiger partial charge < -0.3 is 0 Å². The van der Waals surface area contributed by atoms with Gasteiger partial charge in [-0.15, -0.1) is 0 Å². The predicted octanol–water partition coefficient (Wildman–Crippen LogP) is 5.79. The van der Waals surface area contributed by atoms with Gasteiger partial charge in [-0.05, 0) is 38.5 Å². The summed E-state index contributed by atoms with van der Waals surface area (Å²) < 4.78 is 1.66. The number of carbonyl (C=O) groups is 1. The van der Waals surface area contributed by atoms with Gasteiger partial charge >= 0.3 is 0 Å². The minimum Gasteiger partial charge on any atom is -0.267 e. The monoisotopic (exact) mass is 336 g/mol. The van der Waals surface area contributed by atoms with Gasteiger partial charge in [-0.1, -0.05) is 57.2 Å². The lowest BCUT2D eigenvalue weighted by Gasteiger charge is -2.28. The molecule has 3 rings (SSSR count). The van der Waals surface area contributed by atoms with Crippen molar-refractivity contribution < 1.29 is 4.79 Å². The maximum Gasteiger partial charge on any atom is 0.274 e. The quantitative estimate of drug-likeness (QED) is 0.665. The number of rotatable bonds is 3. The lowest BCUT2D eigenvalue weighted by molar-refractivity contribution is 0.0941. The molecule has 132 valence electrons. The van der Waals surface area contributed by atoms with E-state index in [4.69, 9.17) is 5.10 Å². The summed E-state index contributed by atoms with van der Waals surface area (Å²) in [6.07, 6.45) is 4.16. The molecule has 0 N–H and O–H groups in total. The normalized spacial score (nSPS) is 20.6. The number of allylic oxidation sites excluding steroid dienone is 2. The van der Waals surface area contributed by atoms with Crippen LogP contribution in [0, 0.1) is 5.92 Å². The van der Waals surface area contributed by atoms with Crippen LogP contribution in [-0.4, -0.2) is 15.7 Å². The molecule has 0 bridgehead atoms. The minimum atomic E-state index is -0.0227. The third-order valence-corrected chi connectivity index (χ3v) is 5.52. The van der Waals surface area contributed by atoms with Gasteiger partial charge in [0.1, 0.15) is 0 Å². The molecule has 0 unspecified atom stereocenters. The largest absolute Gasteiger partial charge is 0.274 e. The summed E-state index contributed by atoms with van der Waals surface area (Å²) in [7, 11) is 0. The Kier molecular flexibility index (Phi) is 4.94. The molecule has 0 amide bonds. The smallest absolute Gasteiger partial charge is 0.267 e. The second-order valence-electron chi connectivity index (χ2n) is 7.53. The average Bonchev–Trinajstić information content (AvgIpc) is 3.02. The Balaban J connectivity index is 2.29. The summed E-state index contributed by atoms with van der Waals surface area (Å²) in [6, 6.07) is 10.2. The molecule has 0 saturated carbocycles. The number of nitrogens with zero attached hydrogens (tertiary/aromatic N) is 2. The Morgan fingerprint density at radius 3 is 2.52 bits per heavy atom. The number of aromatic nitrogens is 2. The summed E-state index contributed by atoms with van der Waals surface area (Å²) in [6.45, 7) is 10.5. The second kappa shape index (κ2) is 6.99.